The highest BCUT2D eigenvalue weighted by Gasteiger charge is 2.38. The number of alkyl carbamates (subject to hydrolysis) is 1. The molecular formula is C25H34F3NO5. The lowest BCUT2D eigenvalue weighted by Gasteiger charge is -2.32. The van der Waals surface area contributed by atoms with Gasteiger partial charge in [0.25, 0.3) is 0 Å². The van der Waals surface area contributed by atoms with Crippen LogP contribution in [0.5, 0.6) is 5.75 Å². The second kappa shape index (κ2) is 11.3. The molecule has 1 aliphatic carbocycles. The van der Waals surface area contributed by atoms with Gasteiger partial charge in [-0.1, -0.05) is 12.1 Å². The number of aliphatic hydroxyl groups is 2. The first kappa shape index (κ1) is 27.7. The number of rotatable bonds is 9. The van der Waals surface area contributed by atoms with Crippen molar-refractivity contribution in [2.24, 2.45) is 5.92 Å². The van der Waals surface area contributed by atoms with Gasteiger partial charge in [0, 0.05) is 0 Å². The van der Waals surface area contributed by atoms with Gasteiger partial charge in [-0.25, -0.2) is 4.79 Å². The molecule has 0 saturated carbocycles. The van der Waals surface area contributed by atoms with Crippen molar-refractivity contribution < 1.29 is 37.7 Å². The fourth-order valence-electron chi connectivity index (χ4n) is 3.55. The maximum Gasteiger partial charge on any atom is 0.408 e. The molecule has 0 aromatic heterocycles. The highest BCUT2D eigenvalue weighted by Crippen LogP contribution is 2.33. The minimum atomic E-state index is -4.26. The zero-order valence-corrected chi connectivity index (χ0v) is 20.0. The first-order valence-corrected chi connectivity index (χ1v) is 11.2. The Kier molecular flexibility index (Phi) is 9.19. The third kappa shape index (κ3) is 8.36. The predicted molar refractivity (Wildman–Crippen MR) is 122 cm³/mol. The number of nitrogens with one attached hydrogen (secondary N) is 1. The standard InChI is InChI=1S/C25H34F3NO5/c1-17-14-21(33-20-11-8-19(9-12-20)25(26,27)28)10-7-18(17)6-5-13-24(15-30,16-31)29-22(32)34-23(2,3)4/h7-8,10-12,14,19,30-31H,5-6,9,13,15-16H2,1-4H3,(H,29,32). The highest BCUT2D eigenvalue weighted by molar-refractivity contribution is 5.68. The molecule has 6 nitrogen and oxygen atoms in total. The monoisotopic (exact) mass is 485 g/mol. The van der Waals surface area contributed by atoms with E-state index in [0.29, 0.717) is 30.8 Å². The molecule has 3 N–H and O–H groups in total. The molecular weight excluding hydrogens is 451 g/mol. The van der Waals surface area contributed by atoms with Gasteiger partial charge in [-0.15, -0.1) is 0 Å². The lowest BCUT2D eigenvalue weighted by molar-refractivity contribution is -0.160. The second-order valence-corrected chi connectivity index (χ2v) is 9.62. The first-order valence-electron chi connectivity index (χ1n) is 11.2. The number of aliphatic hydroxyl groups excluding tert-OH is 2. The van der Waals surface area contributed by atoms with Gasteiger partial charge < -0.3 is 25.0 Å². The predicted octanol–water partition coefficient (Wildman–Crippen LogP) is 4.97. The van der Waals surface area contributed by atoms with Gasteiger partial charge in [0.1, 0.15) is 17.1 Å². The van der Waals surface area contributed by atoms with Crippen molar-refractivity contribution in [3.8, 4) is 5.75 Å². The molecule has 0 heterocycles. The maximum atomic E-state index is 12.8. The van der Waals surface area contributed by atoms with E-state index in [2.05, 4.69) is 5.32 Å². The molecule has 1 aromatic rings. The topological polar surface area (TPSA) is 88.0 Å². The Morgan fingerprint density at radius 1 is 1.18 bits per heavy atom. The molecule has 0 fully saturated rings. The van der Waals surface area contributed by atoms with Crippen LogP contribution in [0.4, 0.5) is 18.0 Å². The van der Waals surface area contributed by atoms with Gasteiger partial charge in [-0.05, 0) is 88.8 Å². The van der Waals surface area contributed by atoms with Gasteiger partial charge in [-0.2, -0.15) is 13.2 Å². The molecule has 0 radical (unpaired) electrons. The number of ether oxygens (including phenoxy) is 2. The van der Waals surface area contributed by atoms with Crippen LogP contribution in [0.15, 0.2) is 42.2 Å². The Hall–Kier alpha value is -2.52. The lowest BCUT2D eigenvalue weighted by Crippen LogP contribution is -2.55. The average molecular weight is 486 g/mol. The molecule has 1 atom stereocenters. The van der Waals surface area contributed by atoms with Crippen LogP contribution >= 0.6 is 0 Å². The lowest BCUT2D eigenvalue weighted by atomic mass is 9.92. The number of alkyl halides is 3. The summed E-state index contributed by atoms with van der Waals surface area (Å²) in [6.45, 7) is 6.20. The summed E-state index contributed by atoms with van der Waals surface area (Å²) in [4.78, 5) is 12.1. The van der Waals surface area contributed by atoms with Crippen LogP contribution in [0.25, 0.3) is 0 Å². The van der Waals surface area contributed by atoms with Gasteiger partial charge in [-0.3, -0.25) is 0 Å². The molecule has 1 unspecified atom stereocenters. The van der Waals surface area contributed by atoms with Crippen LogP contribution in [0.1, 0.15) is 51.2 Å². The Labute approximate surface area is 198 Å². The van der Waals surface area contributed by atoms with Gasteiger partial charge in [0.2, 0.25) is 0 Å². The van der Waals surface area contributed by atoms with E-state index in [4.69, 9.17) is 9.47 Å². The van der Waals surface area contributed by atoms with E-state index in [0.717, 1.165) is 17.2 Å². The average Bonchev–Trinajstić information content (AvgIpc) is 2.73. The number of carbonyl (C=O) groups excluding carboxylic acids is 1. The molecule has 0 bridgehead atoms. The van der Waals surface area contributed by atoms with E-state index in [9.17, 15) is 28.2 Å². The Morgan fingerprint density at radius 2 is 1.85 bits per heavy atom. The largest absolute Gasteiger partial charge is 0.458 e. The minimum absolute atomic E-state index is 0.152. The number of benzene rings is 1. The zero-order valence-electron chi connectivity index (χ0n) is 20.0. The smallest absolute Gasteiger partial charge is 0.408 e. The Balaban J connectivity index is 1.93. The van der Waals surface area contributed by atoms with Crippen LogP contribution in [0.2, 0.25) is 0 Å². The third-order valence-corrected chi connectivity index (χ3v) is 5.51. The molecule has 2 rings (SSSR count). The van der Waals surface area contributed by atoms with Crippen LogP contribution in [0.3, 0.4) is 0 Å². The second-order valence-electron chi connectivity index (χ2n) is 9.62. The minimum Gasteiger partial charge on any atom is -0.458 e. The summed E-state index contributed by atoms with van der Waals surface area (Å²) in [5.74, 6) is -0.593. The van der Waals surface area contributed by atoms with Crippen molar-refractivity contribution in [1.29, 1.82) is 0 Å². The maximum absolute atomic E-state index is 12.8. The molecule has 1 aromatic carbocycles. The fourth-order valence-corrected chi connectivity index (χ4v) is 3.55. The molecule has 0 saturated heterocycles. The summed E-state index contributed by atoms with van der Waals surface area (Å²) in [6, 6.07) is 5.43. The van der Waals surface area contributed by atoms with Gasteiger partial charge in [0.15, 0.2) is 0 Å². The molecule has 9 heteroatoms. The summed E-state index contributed by atoms with van der Waals surface area (Å²) in [6.07, 6.45) is 0.287. The molecule has 190 valence electrons. The number of amides is 1. The van der Waals surface area contributed by atoms with E-state index < -0.39 is 42.5 Å². The molecule has 0 aliphatic heterocycles. The SMILES string of the molecule is Cc1cc(OC2=CCC(C(F)(F)F)C=C2)ccc1CCCC(CO)(CO)NC(=O)OC(C)(C)C. The van der Waals surface area contributed by atoms with E-state index in [1.54, 1.807) is 26.8 Å². The summed E-state index contributed by atoms with van der Waals surface area (Å²) in [5.41, 5.74) is 0.0443. The van der Waals surface area contributed by atoms with Crippen LogP contribution < -0.4 is 10.1 Å². The van der Waals surface area contributed by atoms with Crippen LogP contribution in [0, 0.1) is 12.8 Å². The Bertz CT molecular complexity index is 899. The van der Waals surface area contributed by atoms with Crippen molar-refractivity contribution in [3.63, 3.8) is 0 Å². The van der Waals surface area contributed by atoms with Crippen molar-refractivity contribution in [3.05, 3.63) is 53.3 Å². The summed E-state index contributed by atoms with van der Waals surface area (Å²) < 4.78 is 49.2. The van der Waals surface area contributed by atoms with Crippen LogP contribution in [-0.2, 0) is 11.2 Å². The van der Waals surface area contributed by atoms with Crippen molar-refractivity contribution in [2.75, 3.05) is 13.2 Å². The molecule has 1 amide bonds. The van der Waals surface area contributed by atoms with Crippen LogP contribution in [-0.4, -0.2) is 46.8 Å². The van der Waals surface area contributed by atoms with Crippen molar-refractivity contribution in [2.45, 2.75) is 70.7 Å². The number of hydrogen-bond donors (Lipinski definition) is 3. The van der Waals surface area contributed by atoms with Crippen molar-refractivity contribution >= 4 is 6.09 Å². The third-order valence-electron chi connectivity index (χ3n) is 5.51. The normalized spacial score (nSPS) is 16.7. The number of hydrogen-bond acceptors (Lipinski definition) is 5. The quantitative estimate of drug-likeness (QED) is 0.460. The fraction of sp³-hybridized carbons (Fsp3) is 0.560. The van der Waals surface area contributed by atoms with E-state index >= 15 is 0 Å². The van der Waals surface area contributed by atoms with E-state index in [1.807, 2.05) is 19.1 Å². The van der Waals surface area contributed by atoms with Gasteiger partial charge in [0.05, 0.1) is 24.7 Å². The van der Waals surface area contributed by atoms with E-state index in [1.165, 1.54) is 12.2 Å². The van der Waals surface area contributed by atoms with Gasteiger partial charge >= 0.3 is 12.3 Å². The number of halogens is 3. The number of aryl methyl sites for hydroxylation is 2. The Morgan fingerprint density at radius 3 is 2.35 bits per heavy atom. The zero-order chi connectivity index (χ0) is 25.6. The highest BCUT2D eigenvalue weighted by atomic mass is 19.4. The van der Waals surface area contributed by atoms with E-state index in [-0.39, 0.29) is 6.42 Å². The number of carbonyl (C=O) groups is 1. The number of allylic oxidation sites excluding steroid dienone is 3. The molecule has 1 aliphatic rings. The summed E-state index contributed by atoms with van der Waals surface area (Å²) in [5, 5.41) is 22.2. The first-order chi connectivity index (χ1) is 15.8. The molecule has 0 spiro atoms. The summed E-state index contributed by atoms with van der Waals surface area (Å²) >= 11 is 0. The molecule has 34 heavy (non-hydrogen) atoms. The summed E-state index contributed by atoms with van der Waals surface area (Å²) in [7, 11) is 0. The van der Waals surface area contributed by atoms with Crippen molar-refractivity contribution in [1.82, 2.24) is 5.32 Å².